The predicted molar refractivity (Wildman–Crippen MR) is 94.3 cm³/mol. The molecule has 2 aliphatic rings. The fraction of sp³-hybridized carbons (Fsp3) is 0.667. The molecule has 140 valence electrons. The van der Waals surface area contributed by atoms with Crippen LogP contribution in [0.3, 0.4) is 0 Å². The van der Waals surface area contributed by atoms with Crippen LogP contribution in [0.25, 0.3) is 0 Å². The van der Waals surface area contributed by atoms with Crippen molar-refractivity contribution in [3.63, 3.8) is 0 Å². The normalized spacial score (nSPS) is 23.8. The Hall–Kier alpha value is -1.15. The molecule has 0 aliphatic carbocycles. The van der Waals surface area contributed by atoms with Gasteiger partial charge in [-0.1, -0.05) is 6.07 Å². The molecule has 0 amide bonds. The Labute approximate surface area is 150 Å². The molecule has 1 spiro atoms. The minimum Gasteiger partial charge on any atom is -0.497 e. The molecule has 1 aromatic carbocycles. The second kappa shape index (κ2) is 7.61. The summed E-state index contributed by atoms with van der Waals surface area (Å²) in [5, 5.41) is 0. The van der Waals surface area contributed by atoms with Crippen LogP contribution < -0.4 is 4.74 Å². The van der Waals surface area contributed by atoms with Crippen molar-refractivity contribution in [2.75, 3.05) is 40.5 Å². The van der Waals surface area contributed by atoms with E-state index in [1.54, 1.807) is 35.7 Å². The topological polar surface area (TPSA) is 65.1 Å². The first kappa shape index (κ1) is 18.6. The highest BCUT2D eigenvalue weighted by molar-refractivity contribution is 7.89. The fourth-order valence-corrected chi connectivity index (χ4v) is 5.50. The molecule has 2 saturated heterocycles. The van der Waals surface area contributed by atoms with Gasteiger partial charge in [-0.25, -0.2) is 8.42 Å². The molecular formula is C18H27NO5S. The van der Waals surface area contributed by atoms with Gasteiger partial charge in [-0.15, -0.1) is 0 Å². The number of ether oxygens (including phenoxy) is 3. The number of nitrogens with zero attached hydrogens (tertiary/aromatic N) is 1. The largest absolute Gasteiger partial charge is 0.497 e. The molecular weight excluding hydrogens is 342 g/mol. The SMILES string of the molecule is COCC[C@H]1CCOC12CCN(S(=O)(=O)c1cccc(OC)c1)CC2. The van der Waals surface area contributed by atoms with E-state index in [9.17, 15) is 8.42 Å². The molecule has 6 nitrogen and oxygen atoms in total. The third-order valence-electron chi connectivity index (χ3n) is 5.52. The van der Waals surface area contributed by atoms with Crippen LogP contribution in [-0.2, 0) is 19.5 Å². The van der Waals surface area contributed by atoms with Gasteiger partial charge in [0.1, 0.15) is 5.75 Å². The standard InChI is InChI=1S/C18H27NO5S/c1-22-12-6-15-7-13-24-18(15)8-10-19(11-9-18)25(20,21)17-5-3-4-16(14-17)23-2/h3-5,14-15H,6-13H2,1-2H3/t15-/m0/s1. The van der Waals surface area contributed by atoms with Crippen LogP contribution in [0.2, 0.25) is 0 Å². The van der Waals surface area contributed by atoms with Crippen molar-refractivity contribution < 1.29 is 22.6 Å². The molecule has 1 aromatic rings. The first-order chi connectivity index (χ1) is 12.0. The van der Waals surface area contributed by atoms with Gasteiger partial charge in [-0.05, 0) is 43.7 Å². The molecule has 2 fully saturated rings. The van der Waals surface area contributed by atoms with E-state index in [1.165, 1.54) is 7.11 Å². The van der Waals surface area contributed by atoms with E-state index in [0.717, 1.165) is 38.9 Å². The van der Waals surface area contributed by atoms with Crippen LogP contribution in [0.15, 0.2) is 29.2 Å². The van der Waals surface area contributed by atoms with Crippen molar-refractivity contribution in [2.45, 2.75) is 36.2 Å². The van der Waals surface area contributed by atoms with Gasteiger partial charge < -0.3 is 14.2 Å². The Kier molecular flexibility index (Phi) is 5.68. The van der Waals surface area contributed by atoms with Crippen molar-refractivity contribution in [3.8, 4) is 5.75 Å². The fourth-order valence-electron chi connectivity index (χ4n) is 4.02. The molecule has 7 heteroatoms. The van der Waals surface area contributed by atoms with Gasteiger partial charge in [0.25, 0.3) is 0 Å². The third kappa shape index (κ3) is 3.69. The molecule has 2 heterocycles. The summed E-state index contributed by atoms with van der Waals surface area (Å²) in [5.41, 5.74) is -0.182. The van der Waals surface area contributed by atoms with E-state index in [1.807, 2.05) is 0 Å². The summed E-state index contributed by atoms with van der Waals surface area (Å²) in [6, 6.07) is 6.65. The number of rotatable bonds is 6. The number of hydrogen-bond acceptors (Lipinski definition) is 5. The Morgan fingerprint density at radius 3 is 2.72 bits per heavy atom. The molecule has 0 radical (unpaired) electrons. The van der Waals surface area contributed by atoms with Gasteiger partial charge in [0, 0.05) is 39.5 Å². The van der Waals surface area contributed by atoms with Crippen LogP contribution in [0, 0.1) is 5.92 Å². The van der Waals surface area contributed by atoms with E-state index >= 15 is 0 Å². The maximum atomic E-state index is 12.9. The first-order valence-corrected chi connectivity index (χ1v) is 10.2. The molecule has 0 aromatic heterocycles. The van der Waals surface area contributed by atoms with Gasteiger partial charge in [0.15, 0.2) is 0 Å². The molecule has 0 N–H and O–H groups in total. The lowest BCUT2D eigenvalue weighted by Crippen LogP contribution is -2.49. The van der Waals surface area contributed by atoms with Gasteiger partial charge in [-0.3, -0.25) is 0 Å². The van der Waals surface area contributed by atoms with E-state index in [-0.39, 0.29) is 10.5 Å². The van der Waals surface area contributed by atoms with Crippen LogP contribution in [0.5, 0.6) is 5.75 Å². The Bertz CT molecular complexity index is 682. The van der Waals surface area contributed by atoms with Gasteiger partial charge >= 0.3 is 0 Å². The highest BCUT2D eigenvalue weighted by Crippen LogP contribution is 2.43. The summed E-state index contributed by atoms with van der Waals surface area (Å²) in [5.74, 6) is 1.00. The first-order valence-electron chi connectivity index (χ1n) is 8.79. The minimum atomic E-state index is -3.50. The maximum Gasteiger partial charge on any atom is 0.243 e. The third-order valence-corrected chi connectivity index (χ3v) is 7.41. The van der Waals surface area contributed by atoms with E-state index in [4.69, 9.17) is 14.2 Å². The van der Waals surface area contributed by atoms with Gasteiger partial charge in [0.05, 0.1) is 17.6 Å². The highest BCUT2D eigenvalue weighted by Gasteiger charge is 2.47. The highest BCUT2D eigenvalue weighted by atomic mass is 32.2. The van der Waals surface area contributed by atoms with Crippen molar-refractivity contribution in [2.24, 2.45) is 5.92 Å². The summed E-state index contributed by atoms with van der Waals surface area (Å²) >= 11 is 0. The lowest BCUT2D eigenvalue weighted by atomic mass is 9.78. The van der Waals surface area contributed by atoms with Crippen molar-refractivity contribution in [1.29, 1.82) is 0 Å². The molecule has 3 rings (SSSR count). The lowest BCUT2D eigenvalue weighted by molar-refractivity contribution is -0.0603. The maximum absolute atomic E-state index is 12.9. The van der Waals surface area contributed by atoms with Crippen LogP contribution in [-0.4, -0.2) is 58.8 Å². The van der Waals surface area contributed by atoms with Crippen molar-refractivity contribution in [1.82, 2.24) is 4.31 Å². The summed E-state index contributed by atoms with van der Waals surface area (Å²) in [7, 11) is -0.252. The zero-order chi connectivity index (χ0) is 17.9. The Balaban J connectivity index is 1.70. The zero-order valence-electron chi connectivity index (χ0n) is 14.9. The average molecular weight is 369 g/mol. The second-order valence-corrected chi connectivity index (χ2v) is 8.70. The number of hydrogen-bond donors (Lipinski definition) is 0. The van der Waals surface area contributed by atoms with Crippen LogP contribution >= 0.6 is 0 Å². The number of benzene rings is 1. The lowest BCUT2D eigenvalue weighted by Gasteiger charge is -2.41. The second-order valence-electron chi connectivity index (χ2n) is 6.76. The Morgan fingerprint density at radius 2 is 2.04 bits per heavy atom. The van der Waals surface area contributed by atoms with Crippen molar-refractivity contribution in [3.05, 3.63) is 24.3 Å². The number of methoxy groups -OCH3 is 2. The van der Waals surface area contributed by atoms with Gasteiger partial charge in [0.2, 0.25) is 10.0 Å². The van der Waals surface area contributed by atoms with Crippen LogP contribution in [0.4, 0.5) is 0 Å². The summed E-state index contributed by atoms with van der Waals surface area (Å²) in [6.45, 7) is 2.46. The predicted octanol–water partition coefficient (Wildman–Crippen LogP) is 2.29. The monoisotopic (exact) mass is 369 g/mol. The van der Waals surface area contributed by atoms with Gasteiger partial charge in [-0.2, -0.15) is 4.31 Å². The zero-order valence-corrected chi connectivity index (χ0v) is 15.8. The molecule has 1 atom stereocenters. The van der Waals surface area contributed by atoms with Crippen LogP contribution in [0.1, 0.15) is 25.7 Å². The van der Waals surface area contributed by atoms with Crippen molar-refractivity contribution >= 4 is 10.0 Å². The summed E-state index contributed by atoms with van der Waals surface area (Å²) < 4.78 is 43.9. The molecule has 0 saturated carbocycles. The minimum absolute atomic E-state index is 0.182. The Morgan fingerprint density at radius 1 is 1.28 bits per heavy atom. The average Bonchev–Trinajstić information content (AvgIpc) is 3.02. The molecule has 0 unspecified atom stereocenters. The summed E-state index contributed by atoms with van der Waals surface area (Å²) in [4.78, 5) is 0.283. The summed E-state index contributed by atoms with van der Waals surface area (Å²) in [6.07, 6.45) is 3.49. The molecule has 25 heavy (non-hydrogen) atoms. The number of sulfonamides is 1. The smallest absolute Gasteiger partial charge is 0.243 e. The number of piperidine rings is 1. The van der Waals surface area contributed by atoms with E-state index in [2.05, 4.69) is 0 Å². The van der Waals surface area contributed by atoms with E-state index < -0.39 is 10.0 Å². The quantitative estimate of drug-likeness (QED) is 0.770. The van der Waals surface area contributed by atoms with E-state index in [0.29, 0.717) is 24.8 Å². The molecule has 2 aliphatic heterocycles. The molecule has 0 bridgehead atoms.